The summed E-state index contributed by atoms with van der Waals surface area (Å²) in [7, 11) is 0. The predicted molar refractivity (Wildman–Crippen MR) is 101 cm³/mol. The number of nitrogens with zero attached hydrogens (tertiary/aromatic N) is 3. The van der Waals surface area contributed by atoms with Crippen molar-refractivity contribution in [1.29, 1.82) is 0 Å². The van der Waals surface area contributed by atoms with Crippen LogP contribution in [0.15, 0.2) is 34.7 Å². The smallest absolute Gasteiger partial charge is 0.433 e. The number of esters is 1. The summed E-state index contributed by atoms with van der Waals surface area (Å²) in [5.41, 5.74) is 0.631. The summed E-state index contributed by atoms with van der Waals surface area (Å²) in [4.78, 5) is 48.4. The van der Waals surface area contributed by atoms with Gasteiger partial charge in [0.25, 0.3) is 5.91 Å². The Morgan fingerprint density at radius 3 is 2.43 bits per heavy atom. The first kappa shape index (κ1) is 21.0. The maximum absolute atomic E-state index is 14.3. The van der Waals surface area contributed by atoms with Crippen LogP contribution < -0.4 is 4.90 Å². The number of hydrogen-bond donors (Lipinski definition) is 0. The molecule has 2 aromatic rings. The van der Waals surface area contributed by atoms with Crippen molar-refractivity contribution in [2.45, 2.75) is 6.92 Å². The molecule has 1 aromatic carbocycles. The van der Waals surface area contributed by atoms with Crippen LogP contribution in [0.3, 0.4) is 0 Å². The lowest BCUT2D eigenvalue weighted by Gasteiger charge is -2.36. The summed E-state index contributed by atoms with van der Waals surface area (Å²) in [6.07, 6.45) is 0. The van der Waals surface area contributed by atoms with Gasteiger partial charge in [0.15, 0.2) is 12.4 Å². The molecule has 1 saturated heterocycles. The van der Waals surface area contributed by atoms with E-state index >= 15 is 0 Å². The van der Waals surface area contributed by atoms with Crippen molar-refractivity contribution in [3.05, 3.63) is 57.6 Å². The number of rotatable bonds is 6. The summed E-state index contributed by atoms with van der Waals surface area (Å²) < 4.78 is 23.9. The van der Waals surface area contributed by atoms with Gasteiger partial charge in [-0.25, -0.2) is 9.18 Å². The van der Waals surface area contributed by atoms with Crippen molar-refractivity contribution in [2.75, 3.05) is 37.7 Å². The van der Waals surface area contributed by atoms with Crippen LogP contribution in [-0.4, -0.2) is 60.3 Å². The second-order valence-corrected chi connectivity index (χ2v) is 6.56. The molecule has 0 N–H and O–H groups in total. The molecule has 0 saturated carbocycles. The van der Waals surface area contributed by atoms with E-state index in [4.69, 9.17) is 9.15 Å². The summed E-state index contributed by atoms with van der Waals surface area (Å²) in [6.45, 7) is 2.11. The van der Waals surface area contributed by atoms with Crippen molar-refractivity contribution < 1.29 is 32.9 Å². The number of benzene rings is 1. The van der Waals surface area contributed by atoms with E-state index in [1.54, 1.807) is 11.0 Å². The van der Waals surface area contributed by atoms with E-state index in [0.29, 0.717) is 18.8 Å². The van der Waals surface area contributed by atoms with Gasteiger partial charge >= 0.3 is 11.9 Å². The van der Waals surface area contributed by atoms with Gasteiger partial charge in [-0.05, 0) is 31.2 Å². The van der Waals surface area contributed by atoms with Crippen LogP contribution >= 0.6 is 0 Å². The molecule has 1 aromatic heterocycles. The minimum Gasteiger partial charge on any atom is -0.450 e. The van der Waals surface area contributed by atoms with Crippen LogP contribution in [0.25, 0.3) is 0 Å². The Bertz CT molecular complexity index is 996. The number of piperazine rings is 1. The van der Waals surface area contributed by atoms with E-state index in [1.807, 2.05) is 0 Å². The minimum absolute atomic E-state index is 0.227. The van der Waals surface area contributed by atoms with Gasteiger partial charge in [0.1, 0.15) is 10.7 Å². The lowest BCUT2D eigenvalue weighted by Crippen LogP contribution is -2.50. The molecule has 158 valence electrons. The van der Waals surface area contributed by atoms with Crippen LogP contribution in [0.2, 0.25) is 0 Å². The average Bonchev–Trinajstić information content (AvgIpc) is 3.22. The number of furan rings is 1. The van der Waals surface area contributed by atoms with Crippen LogP contribution in [-0.2, 0) is 9.53 Å². The molecular formula is C19H18FN3O7. The summed E-state index contributed by atoms with van der Waals surface area (Å²) in [5, 5.41) is 10.6. The molecule has 30 heavy (non-hydrogen) atoms. The van der Waals surface area contributed by atoms with E-state index in [1.165, 1.54) is 24.0 Å². The molecule has 0 bridgehead atoms. The number of hydrogen-bond acceptors (Lipinski definition) is 8. The first-order chi connectivity index (χ1) is 14.3. The molecule has 3 rings (SSSR count). The molecule has 1 aliphatic rings. The third-order valence-electron chi connectivity index (χ3n) is 4.63. The number of carbonyl (C=O) groups is 3. The third kappa shape index (κ3) is 4.62. The van der Waals surface area contributed by atoms with Gasteiger partial charge in [-0.1, -0.05) is 0 Å². The van der Waals surface area contributed by atoms with Gasteiger partial charge in [-0.2, -0.15) is 0 Å². The summed E-state index contributed by atoms with van der Waals surface area (Å²) >= 11 is 0. The number of nitro groups is 1. The zero-order valence-electron chi connectivity index (χ0n) is 16.0. The lowest BCUT2D eigenvalue weighted by atomic mass is 10.1. The highest BCUT2D eigenvalue weighted by Gasteiger charge is 2.25. The van der Waals surface area contributed by atoms with Crippen molar-refractivity contribution in [1.82, 2.24) is 4.90 Å². The maximum Gasteiger partial charge on any atom is 0.433 e. The number of anilines is 1. The normalized spacial score (nSPS) is 13.8. The van der Waals surface area contributed by atoms with Gasteiger partial charge in [-0.15, -0.1) is 0 Å². The fraction of sp³-hybridized carbons (Fsp3) is 0.316. The Hall–Kier alpha value is -3.76. The Morgan fingerprint density at radius 2 is 1.87 bits per heavy atom. The SMILES string of the molecule is CC(=O)c1ccc(N2CCN(C(=O)COC(=O)c3ccc([N+](=O)[O-])o3)CC2)c(F)c1. The first-order valence-electron chi connectivity index (χ1n) is 9.01. The number of carbonyl (C=O) groups excluding carboxylic acids is 3. The van der Waals surface area contributed by atoms with Crippen molar-refractivity contribution in [3.63, 3.8) is 0 Å². The minimum atomic E-state index is -0.984. The van der Waals surface area contributed by atoms with Crippen molar-refractivity contribution in [2.24, 2.45) is 0 Å². The quantitative estimate of drug-likeness (QED) is 0.302. The molecule has 1 fully saturated rings. The van der Waals surface area contributed by atoms with Crippen molar-refractivity contribution in [3.8, 4) is 0 Å². The topological polar surface area (TPSA) is 123 Å². The lowest BCUT2D eigenvalue weighted by molar-refractivity contribution is -0.402. The van der Waals surface area contributed by atoms with Crippen LogP contribution in [0.1, 0.15) is 27.8 Å². The summed E-state index contributed by atoms with van der Waals surface area (Å²) in [6, 6.07) is 6.38. The van der Waals surface area contributed by atoms with Gasteiger partial charge in [0, 0.05) is 31.7 Å². The highest BCUT2D eigenvalue weighted by molar-refractivity contribution is 5.94. The van der Waals surface area contributed by atoms with Gasteiger partial charge in [0.2, 0.25) is 5.76 Å². The molecule has 1 aliphatic heterocycles. The Kier molecular flexibility index (Phi) is 6.09. The highest BCUT2D eigenvalue weighted by Crippen LogP contribution is 2.22. The predicted octanol–water partition coefficient (Wildman–Crippen LogP) is 2.04. The summed E-state index contributed by atoms with van der Waals surface area (Å²) in [5.74, 6) is -3.14. The fourth-order valence-corrected chi connectivity index (χ4v) is 3.00. The fourth-order valence-electron chi connectivity index (χ4n) is 3.00. The molecule has 2 heterocycles. The number of amides is 1. The average molecular weight is 419 g/mol. The maximum atomic E-state index is 14.3. The Labute approximate surface area is 169 Å². The monoisotopic (exact) mass is 419 g/mol. The molecule has 1 amide bonds. The van der Waals surface area contributed by atoms with Crippen LogP contribution in [0.4, 0.5) is 16.0 Å². The van der Waals surface area contributed by atoms with Gasteiger partial charge in [0.05, 0.1) is 11.8 Å². The number of Topliss-reactive ketones (excluding diaryl/α,β-unsaturated/α-hetero) is 1. The van der Waals surface area contributed by atoms with Crippen LogP contribution in [0, 0.1) is 15.9 Å². The Morgan fingerprint density at radius 1 is 1.17 bits per heavy atom. The molecular weight excluding hydrogens is 401 g/mol. The second kappa shape index (κ2) is 8.72. The Balaban J connectivity index is 1.51. The van der Waals surface area contributed by atoms with E-state index in [2.05, 4.69) is 0 Å². The largest absolute Gasteiger partial charge is 0.450 e. The van der Waals surface area contributed by atoms with Gasteiger partial charge < -0.3 is 19.0 Å². The molecule has 0 radical (unpaired) electrons. The molecule has 0 aliphatic carbocycles. The zero-order chi connectivity index (χ0) is 21.8. The van der Waals surface area contributed by atoms with E-state index < -0.39 is 35.1 Å². The molecule has 10 nitrogen and oxygen atoms in total. The number of ketones is 1. The van der Waals surface area contributed by atoms with E-state index in [9.17, 15) is 28.9 Å². The highest BCUT2D eigenvalue weighted by atomic mass is 19.1. The standard InChI is InChI=1S/C19H18FN3O7/c1-12(24)13-2-3-15(14(20)10-13)21-6-8-22(9-7-21)17(25)11-29-19(26)16-4-5-18(30-16)23(27)28/h2-5,10H,6-9,11H2,1H3. The van der Waals surface area contributed by atoms with Crippen LogP contribution in [0.5, 0.6) is 0 Å². The van der Waals surface area contributed by atoms with Gasteiger partial charge in [-0.3, -0.25) is 19.7 Å². The third-order valence-corrected chi connectivity index (χ3v) is 4.63. The number of halogens is 1. The van der Waals surface area contributed by atoms with E-state index in [-0.39, 0.29) is 30.2 Å². The second-order valence-electron chi connectivity index (χ2n) is 6.56. The first-order valence-corrected chi connectivity index (χ1v) is 9.01. The molecule has 0 spiro atoms. The zero-order valence-corrected chi connectivity index (χ0v) is 16.0. The van der Waals surface area contributed by atoms with Crippen molar-refractivity contribution >= 4 is 29.2 Å². The molecule has 0 unspecified atom stereocenters. The molecule has 0 atom stereocenters. The number of ether oxygens (including phenoxy) is 1. The van der Waals surface area contributed by atoms with E-state index in [0.717, 1.165) is 12.1 Å². The molecule has 11 heteroatoms.